The second-order valence-electron chi connectivity index (χ2n) is 5.73. The average molecular weight is 321 g/mol. The Labute approximate surface area is 140 Å². The molecule has 0 unspecified atom stereocenters. The molecule has 0 radical (unpaired) electrons. The number of fused-ring (bicyclic) bond motifs is 1. The maximum atomic E-state index is 11.7. The van der Waals surface area contributed by atoms with E-state index in [1.807, 2.05) is 56.3 Å². The molecule has 2 aromatic heterocycles. The number of nitrogens with zero attached hydrogens (tertiary/aromatic N) is 2. The highest BCUT2D eigenvalue weighted by molar-refractivity contribution is 5.93. The third kappa shape index (κ3) is 2.76. The Kier molecular flexibility index (Phi) is 4.08. The second kappa shape index (κ2) is 6.20. The third-order valence-corrected chi connectivity index (χ3v) is 4.20. The highest BCUT2D eigenvalue weighted by Crippen LogP contribution is 2.26. The molecule has 0 fully saturated rings. The molecule has 0 aliphatic heterocycles. The topological polar surface area (TPSA) is 80.6 Å². The number of aryl methyl sites for hydroxylation is 2. The van der Waals surface area contributed by atoms with E-state index in [0.29, 0.717) is 23.3 Å². The van der Waals surface area contributed by atoms with Crippen LogP contribution < -0.4 is 5.73 Å². The second-order valence-corrected chi connectivity index (χ2v) is 5.73. The van der Waals surface area contributed by atoms with Gasteiger partial charge in [-0.25, -0.2) is 9.78 Å². The van der Waals surface area contributed by atoms with E-state index in [1.165, 1.54) is 0 Å². The monoisotopic (exact) mass is 321 g/mol. The van der Waals surface area contributed by atoms with Crippen molar-refractivity contribution in [3.8, 4) is 0 Å². The first-order chi connectivity index (χ1) is 11.5. The summed E-state index contributed by atoms with van der Waals surface area (Å²) < 4.78 is 1.75. The summed E-state index contributed by atoms with van der Waals surface area (Å²) in [5.74, 6) is -0.988. The number of rotatable bonds is 4. The van der Waals surface area contributed by atoms with Gasteiger partial charge in [0.2, 0.25) is 0 Å². The Morgan fingerprint density at radius 3 is 2.67 bits per heavy atom. The molecule has 0 saturated heterocycles. The van der Waals surface area contributed by atoms with Gasteiger partial charge in [-0.3, -0.25) is 0 Å². The molecule has 122 valence electrons. The van der Waals surface area contributed by atoms with Crippen molar-refractivity contribution in [2.75, 3.05) is 5.73 Å². The molecule has 5 nitrogen and oxygen atoms in total. The molecule has 0 saturated carbocycles. The van der Waals surface area contributed by atoms with Gasteiger partial charge in [0, 0.05) is 11.9 Å². The molecule has 2 heterocycles. The van der Waals surface area contributed by atoms with Crippen LogP contribution in [0.25, 0.3) is 11.7 Å². The number of carboxylic acid groups (broad SMARTS) is 1. The van der Waals surface area contributed by atoms with Gasteiger partial charge in [0.05, 0.1) is 16.9 Å². The van der Waals surface area contributed by atoms with E-state index < -0.39 is 5.97 Å². The first-order valence-corrected chi connectivity index (χ1v) is 7.70. The number of hydrogen-bond donors (Lipinski definition) is 2. The fourth-order valence-electron chi connectivity index (χ4n) is 2.74. The summed E-state index contributed by atoms with van der Waals surface area (Å²) in [7, 11) is 0. The molecule has 0 spiro atoms. The molecule has 5 heteroatoms. The molecule has 3 rings (SSSR count). The first-order valence-electron chi connectivity index (χ1n) is 7.70. The van der Waals surface area contributed by atoms with Crippen LogP contribution in [0.4, 0.5) is 5.69 Å². The number of carboxylic acids is 1. The van der Waals surface area contributed by atoms with Crippen molar-refractivity contribution in [3.63, 3.8) is 0 Å². The number of hydrogen-bond acceptors (Lipinski definition) is 3. The normalized spacial score (nSPS) is 11.4. The zero-order valence-corrected chi connectivity index (χ0v) is 13.7. The molecule has 24 heavy (non-hydrogen) atoms. The van der Waals surface area contributed by atoms with Gasteiger partial charge in [-0.15, -0.1) is 0 Å². The Balaban J connectivity index is 2.05. The zero-order chi connectivity index (χ0) is 17.3. The molecule has 0 aliphatic carbocycles. The van der Waals surface area contributed by atoms with Gasteiger partial charge < -0.3 is 15.2 Å². The van der Waals surface area contributed by atoms with Crippen LogP contribution in [0.1, 0.15) is 32.9 Å². The molecule has 3 aromatic rings. The standard InChI is InChI=1S/C19H19N3O2/c1-12-13(2)22-11-16(19(23)24)15(17(20)18(22)21-12)10-6-9-14-7-4-3-5-8-14/h3-9,11H,10,20H2,1-2H3,(H,23,24). The van der Waals surface area contributed by atoms with Gasteiger partial charge in [-0.1, -0.05) is 42.5 Å². The Morgan fingerprint density at radius 1 is 1.29 bits per heavy atom. The fraction of sp³-hybridized carbons (Fsp3) is 0.158. The van der Waals surface area contributed by atoms with Gasteiger partial charge in [-0.2, -0.15) is 0 Å². The Bertz CT molecular complexity index is 940. The van der Waals surface area contributed by atoms with Crippen LogP contribution in [-0.4, -0.2) is 20.5 Å². The molecule has 0 amide bonds. The van der Waals surface area contributed by atoms with E-state index in [2.05, 4.69) is 4.98 Å². The third-order valence-electron chi connectivity index (χ3n) is 4.20. The SMILES string of the molecule is Cc1nc2c(N)c(CC=Cc3ccccc3)c(C(=O)O)cn2c1C. The number of nitrogen functional groups attached to an aromatic ring is 1. The number of nitrogens with two attached hydrogens (primary N) is 1. The molecule has 0 bridgehead atoms. The van der Waals surface area contributed by atoms with E-state index in [0.717, 1.165) is 17.0 Å². The number of carbonyl (C=O) groups is 1. The van der Waals surface area contributed by atoms with Crippen LogP contribution in [0.2, 0.25) is 0 Å². The van der Waals surface area contributed by atoms with Crippen molar-refractivity contribution in [2.45, 2.75) is 20.3 Å². The van der Waals surface area contributed by atoms with E-state index >= 15 is 0 Å². The van der Waals surface area contributed by atoms with Gasteiger partial charge >= 0.3 is 5.97 Å². The minimum atomic E-state index is -0.988. The van der Waals surface area contributed by atoms with Crippen LogP contribution in [0.5, 0.6) is 0 Å². The number of pyridine rings is 1. The molecular formula is C19H19N3O2. The average Bonchev–Trinajstić information content (AvgIpc) is 2.86. The van der Waals surface area contributed by atoms with E-state index in [4.69, 9.17) is 5.73 Å². The lowest BCUT2D eigenvalue weighted by atomic mass is 10.0. The lowest BCUT2D eigenvalue weighted by molar-refractivity contribution is 0.0695. The predicted octanol–water partition coefficient (Wildman–Crippen LogP) is 3.49. The molecular weight excluding hydrogens is 302 g/mol. The van der Waals surface area contributed by atoms with Crippen molar-refractivity contribution in [3.05, 3.63) is 70.7 Å². The van der Waals surface area contributed by atoms with E-state index in [-0.39, 0.29) is 5.56 Å². The summed E-state index contributed by atoms with van der Waals surface area (Å²) >= 11 is 0. The van der Waals surface area contributed by atoms with Crippen molar-refractivity contribution in [2.24, 2.45) is 0 Å². The Hall–Kier alpha value is -3.08. The maximum absolute atomic E-state index is 11.7. The molecule has 3 N–H and O–H groups in total. The van der Waals surface area contributed by atoms with Crippen LogP contribution in [0.3, 0.4) is 0 Å². The van der Waals surface area contributed by atoms with Crippen LogP contribution >= 0.6 is 0 Å². The van der Waals surface area contributed by atoms with Crippen molar-refractivity contribution >= 4 is 23.4 Å². The van der Waals surface area contributed by atoms with Crippen LogP contribution in [0, 0.1) is 13.8 Å². The summed E-state index contributed by atoms with van der Waals surface area (Å²) in [6.45, 7) is 3.78. The summed E-state index contributed by atoms with van der Waals surface area (Å²) in [4.78, 5) is 16.1. The zero-order valence-electron chi connectivity index (χ0n) is 13.7. The van der Waals surface area contributed by atoms with Crippen molar-refractivity contribution in [1.82, 2.24) is 9.38 Å². The smallest absolute Gasteiger partial charge is 0.337 e. The maximum Gasteiger partial charge on any atom is 0.337 e. The van der Waals surface area contributed by atoms with Crippen molar-refractivity contribution in [1.29, 1.82) is 0 Å². The van der Waals surface area contributed by atoms with E-state index in [1.54, 1.807) is 10.6 Å². The minimum absolute atomic E-state index is 0.207. The number of allylic oxidation sites excluding steroid dienone is 1. The minimum Gasteiger partial charge on any atom is -0.478 e. The van der Waals surface area contributed by atoms with Crippen LogP contribution in [0.15, 0.2) is 42.6 Å². The van der Waals surface area contributed by atoms with Gasteiger partial charge in [-0.05, 0) is 31.4 Å². The largest absolute Gasteiger partial charge is 0.478 e. The number of benzene rings is 1. The van der Waals surface area contributed by atoms with Crippen LogP contribution in [-0.2, 0) is 6.42 Å². The summed E-state index contributed by atoms with van der Waals surface area (Å²) in [6.07, 6.45) is 5.92. The molecule has 0 atom stereocenters. The van der Waals surface area contributed by atoms with E-state index in [9.17, 15) is 9.90 Å². The van der Waals surface area contributed by atoms with Gasteiger partial charge in [0.15, 0.2) is 5.65 Å². The van der Waals surface area contributed by atoms with Crippen molar-refractivity contribution < 1.29 is 9.90 Å². The molecule has 1 aromatic carbocycles. The Morgan fingerprint density at radius 2 is 2.00 bits per heavy atom. The lowest BCUT2D eigenvalue weighted by Crippen LogP contribution is -2.09. The van der Waals surface area contributed by atoms with Gasteiger partial charge in [0.25, 0.3) is 0 Å². The molecule has 0 aliphatic rings. The number of aromatic nitrogens is 2. The van der Waals surface area contributed by atoms with Gasteiger partial charge in [0.1, 0.15) is 0 Å². The number of anilines is 1. The first kappa shape index (κ1) is 15.8. The predicted molar refractivity (Wildman–Crippen MR) is 95.2 cm³/mol. The highest BCUT2D eigenvalue weighted by Gasteiger charge is 2.18. The number of aromatic carboxylic acids is 1. The lowest BCUT2D eigenvalue weighted by Gasteiger charge is -2.10. The fourth-order valence-corrected chi connectivity index (χ4v) is 2.74. The highest BCUT2D eigenvalue weighted by atomic mass is 16.4. The summed E-state index contributed by atoms with van der Waals surface area (Å²) in [5.41, 5.74) is 10.9. The number of imidazole rings is 1. The summed E-state index contributed by atoms with van der Waals surface area (Å²) in [6, 6.07) is 9.84. The quantitative estimate of drug-likeness (QED) is 0.771. The summed E-state index contributed by atoms with van der Waals surface area (Å²) in [5, 5.41) is 9.55.